The molecule has 4 rings (SSSR count). The third kappa shape index (κ3) is 2.72. The molecular formula is C23H18N3+. The average molecular weight is 336 g/mol. The van der Waals surface area contributed by atoms with Gasteiger partial charge in [0.1, 0.15) is 7.05 Å². The Bertz CT molecular complexity index is 1160. The van der Waals surface area contributed by atoms with Gasteiger partial charge in [-0.2, -0.15) is 5.26 Å². The van der Waals surface area contributed by atoms with Gasteiger partial charge in [0.25, 0.3) is 0 Å². The Morgan fingerprint density at radius 2 is 1.88 bits per heavy atom. The van der Waals surface area contributed by atoms with Crippen molar-refractivity contribution in [1.82, 2.24) is 4.98 Å². The van der Waals surface area contributed by atoms with E-state index >= 15 is 0 Å². The molecule has 0 bridgehead atoms. The maximum Gasteiger partial charge on any atom is 0.220 e. The van der Waals surface area contributed by atoms with Crippen LogP contribution in [0, 0.1) is 18.3 Å². The molecule has 0 saturated carbocycles. The second-order valence-electron chi connectivity index (χ2n) is 6.46. The minimum atomic E-state index is 0.679. The highest BCUT2D eigenvalue weighted by Crippen LogP contribution is 2.31. The van der Waals surface area contributed by atoms with E-state index < -0.39 is 0 Å². The first kappa shape index (κ1) is 16.0. The molecule has 0 aliphatic heterocycles. The number of rotatable bonds is 2. The lowest BCUT2D eigenvalue weighted by Crippen LogP contribution is -2.30. The maximum absolute atomic E-state index is 9.18. The number of pyridine rings is 2. The van der Waals surface area contributed by atoms with E-state index in [-0.39, 0.29) is 0 Å². The van der Waals surface area contributed by atoms with Gasteiger partial charge in [0.15, 0.2) is 6.20 Å². The Hall–Kier alpha value is -3.51. The van der Waals surface area contributed by atoms with Crippen LogP contribution >= 0.6 is 0 Å². The van der Waals surface area contributed by atoms with Gasteiger partial charge in [-0.1, -0.05) is 18.2 Å². The van der Waals surface area contributed by atoms with Crippen molar-refractivity contribution < 1.29 is 4.57 Å². The summed E-state index contributed by atoms with van der Waals surface area (Å²) < 4.78 is 2.14. The third-order valence-corrected chi connectivity index (χ3v) is 4.75. The summed E-state index contributed by atoms with van der Waals surface area (Å²) in [5, 5.41) is 11.4. The van der Waals surface area contributed by atoms with E-state index in [9.17, 15) is 5.26 Å². The quantitative estimate of drug-likeness (QED) is 0.503. The van der Waals surface area contributed by atoms with Crippen LogP contribution in [0.3, 0.4) is 0 Å². The highest BCUT2D eigenvalue weighted by atomic mass is 14.9. The van der Waals surface area contributed by atoms with E-state index in [0.717, 1.165) is 27.6 Å². The number of nitrogens with zero attached hydrogens (tertiary/aromatic N) is 3. The van der Waals surface area contributed by atoms with Crippen molar-refractivity contribution in [3.8, 4) is 28.5 Å². The molecule has 3 heteroatoms. The van der Waals surface area contributed by atoms with Crippen molar-refractivity contribution >= 4 is 10.8 Å². The minimum absolute atomic E-state index is 0.679. The van der Waals surface area contributed by atoms with Crippen LogP contribution in [0.2, 0.25) is 0 Å². The van der Waals surface area contributed by atoms with Gasteiger partial charge in [-0.15, -0.1) is 0 Å². The highest BCUT2D eigenvalue weighted by Gasteiger charge is 2.18. The summed E-state index contributed by atoms with van der Waals surface area (Å²) in [6, 6.07) is 20.7. The molecule has 0 fully saturated rings. The molecule has 0 N–H and O–H groups in total. The van der Waals surface area contributed by atoms with Crippen molar-refractivity contribution in [1.29, 1.82) is 5.26 Å². The molecule has 0 amide bonds. The van der Waals surface area contributed by atoms with E-state index in [0.29, 0.717) is 5.56 Å². The van der Waals surface area contributed by atoms with Gasteiger partial charge in [0.2, 0.25) is 5.69 Å². The van der Waals surface area contributed by atoms with Crippen LogP contribution in [0.1, 0.15) is 11.1 Å². The van der Waals surface area contributed by atoms with Gasteiger partial charge in [-0.05, 0) is 53.8 Å². The summed E-state index contributed by atoms with van der Waals surface area (Å²) in [7, 11) is 2.06. The number of hydrogen-bond acceptors (Lipinski definition) is 2. The Kier molecular flexibility index (Phi) is 3.95. The monoisotopic (exact) mass is 336 g/mol. The summed E-state index contributed by atoms with van der Waals surface area (Å²) in [5.41, 5.74) is 6.47. The summed E-state index contributed by atoms with van der Waals surface area (Å²) >= 11 is 0. The molecule has 2 aromatic heterocycles. The van der Waals surface area contributed by atoms with Crippen LogP contribution in [0.15, 0.2) is 73.2 Å². The predicted molar refractivity (Wildman–Crippen MR) is 103 cm³/mol. The second-order valence-corrected chi connectivity index (χ2v) is 6.46. The normalized spacial score (nSPS) is 10.7. The van der Waals surface area contributed by atoms with Gasteiger partial charge < -0.3 is 0 Å². The zero-order valence-corrected chi connectivity index (χ0v) is 14.8. The van der Waals surface area contributed by atoms with Gasteiger partial charge in [0, 0.05) is 24.0 Å². The van der Waals surface area contributed by atoms with Crippen molar-refractivity contribution in [3.05, 3.63) is 84.3 Å². The second kappa shape index (κ2) is 6.42. The summed E-state index contributed by atoms with van der Waals surface area (Å²) in [6.07, 6.45) is 5.72. The molecule has 0 aliphatic rings. The molecule has 0 atom stereocenters. The molecule has 26 heavy (non-hydrogen) atoms. The fourth-order valence-corrected chi connectivity index (χ4v) is 3.37. The smallest absolute Gasteiger partial charge is 0.220 e. The van der Waals surface area contributed by atoms with Crippen molar-refractivity contribution in [2.45, 2.75) is 6.92 Å². The van der Waals surface area contributed by atoms with Gasteiger partial charge in [-0.3, -0.25) is 4.98 Å². The van der Waals surface area contributed by atoms with Gasteiger partial charge >= 0.3 is 0 Å². The first-order valence-electron chi connectivity index (χ1n) is 8.51. The fourth-order valence-electron chi connectivity index (χ4n) is 3.37. The molecule has 0 spiro atoms. The Morgan fingerprint density at radius 1 is 1.00 bits per heavy atom. The summed E-state index contributed by atoms with van der Waals surface area (Å²) in [6.45, 7) is 2.13. The molecule has 2 heterocycles. The third-order valence-electron chi connectivity index (χ3n) is 4.75. The van der Waals surface area contributed by atoms with Crippen molar-refractivity contribution in [2.75, 3.05) is 0 Å². The van der Waals surface area contributed by atoms with Crippen LogP contribution in [-0.2, 0) is 7.05 Å². The van der Waals surface area contributed by atoms with Crippen molar-refractivity contribution in [3.63, 3.8) is 0 Å². The topological polar surface area (TPSA) is 40.6 Å². The van der Waals surface area contributed by atoms with E-state index in [1.807, 2.05) is 30.5 Å². The number of hydrogen-bond donors (Lipinski definition) is 0. The number of aromatic nitrogens is 2. The predicted octanol–water partition coefficient (Wildman–Crippen LogP) is 4.57. The first-order chi connectivity index (χ1) is 12.7. The number of benzene rings is 2. The van der Waals surface area contributed by atoms with Crippen LogP contribution in [0.5, 0.6) is 0 Å². The van der Waals surface area contributed by atoms with Crippen LogP contribution in [0.4, 0.5) is 0 Å². The Morgan fingerprint density at radius 3 is 2.65 bits per heavy atom. The van der Waals surface area contributed by atoms with Crippen LogP contribution in [-0.4, -0.2) is 4.98 Å². The Balaban J connectivity index is 1.98. The number of aryl methyl sites for hydroxylation is 2. The standard InChI is InChI=1S/C23H18N3/c1-16-5-7-18(20-4-3-10-25-15-20)13-22(16)23-21-8-6-17(14-24)12-19(21)9-11-26(23)2/h3-13,15H,1-2H3/q+1. The lowest BCUT2D eigenvalue weighted by Gasteiger charge is -2.10. The number of fused-ring (bicyclic) bond motifs is 1. The zero-order valence-electron chi connectivity index (χ0n) is 14.8. The molecule has 0 unspecified atom stereocenters. The average Bonchev–Trinajstić information content (AvgIpc) is 2.69. The minimum Gasteiger partial charge on any atom is -0.264 e. The zero-order chi connectivity index (χ0) is 18.1. The lowest BCUT2D eigenvalue weighted by molar-refractivity contribution is -0.659. The lowest BCUT2D eigenvalue weighted by atomic mass is 9.95. The van der Waals surface area contributed by atoms with E-state index in [1.54, 1.807) is 6.20 Å². The molecule has 0 saturated heterocycles. The Labute approximate surface area is 152 Å². The van der Waals surface area contributed by atoms with E-state index in [1.165, 1.54) is 11.1 Å². The SMILES string of the molecule is Cc1ccc(-c2cccnc2)cc1-c1c2ccc(C#N)cc2cc[n+]1C. The number of nitriles is 1. The molecule has 124 valence electrons. The molecule has 2 aromatic carbocycles. The van der Waals surface area contributed by atoms with Crippen molar-refractivity contribution in [2.24, 2.45) is 7.05 Å². The molecule has 0 aliphatic carbocycles. The first-order valence-corrected chi connectivity index (χ1v) is 8.51. The van der Waals surface area contributed by atoms with E-state index in [4.69, 9.17) is 0 Å². The maximum atomic E-state index is 9.18. The van der Waals surface area contributed by atoms with E-state index in [2.05, 4.69) is 66.1 Å². The molecular weight excluding hydrogens is 318 g/mol. The highest BCUT2D eigenvalue weighted by molar-refractivity contribution is 5.95. The molecule has 3 nitrogen and oxygen atoms in total. The van der Waals surface area contributed by atoms with Gasteiger partial charge in [0.05, 0.1) is 22.6 Å². The van der Waals surface area contributed by atoms with Crippen LogP contribution < -0.4 is 4.57 Å². The fraction of sp³-hybridized carbons (Fsp3) is 0.0870. The largest absolute Gasteiger partial charge is 0.264 e. The molecule has 0 radical (unpaired) electrons. The molecule has 4 aromatic rings. The van der Waals surface area contributed by atoms with Gasteiger partial charge in [-0.25, -0.2) is 4.57 Å². The van der Waals surface area contributed by atoms with Crippen LogP contribution in [0.25, 0.3) is 33.2 Å². The summed E-state index contributed by atoms with van der Waals surface area (Å²) in [5.74, 6) is 0. The summed E-state index contributed by atoms with van der Waals surface area (Å²) in [4.78, 5) is 4.24.